The van der Waals surface area contributed by atoms with E-state index in [2.05, 4.69) is 13.8 Å². The first-order valence-electron chi connectivity index (χ1n) is 4.43. The van der Waals surface area contributed by atoms with Crippen molar-refractivity contribution in [2.75, 3.05) is 0 Å². The van der Waals surface area contributed by atoms with Gasteiger partial charge in [-0.25, -0.2) is 0 Å². The second-order valence-corrected chi connectivity index (χ2v) is 6.02. The Labute approximate surface area is 87.5 Å². The van der Waals surface area contributed by atoms with Crippen LogP contribution in [0.1, 0.15) is 36.9 Å². The average molecular weight is 214 g/mol. The molecule has 13 heavy (non-hydrogen) atoms. The Morgan fingerprint density at radius 1 is 1.54 bits per heavy atom. The van der Waals surface area contributed by atoms with Crippen molar-refractivity contribution in [3.05, 3.63) is 17.0 Å². The summed E-state index contributed by atoms with van der Waals surface area (Å²) in [4.78, 5) is 12.2. The van der Waals surface area contributed by atoms with E-state index >= 15 is 0 Å². The molecule has 0 aromatic carbocycles. The molecule has 0 spiro atoms. The van der Waals surface area contributed by atoms with E-state index in [4.69, 9.17) is 0 Å². The standard InChI is InChI=1S/C10H14OS2/c1-4-8(11)9-5-6-10(13-9)12-7(2)3/h5-7H,4H2,1-3H3. The van der Waals surface area contributed by atoms with Crippen LogP contribution in [0.2, 0.25) is 0 Å². The van der Waals surface area contributed by atoms with Gasteiger partial charge in [0.1, 0.15) is 0 Å². The molecule has 0 fully saturated rings. The largest absolute Gasteiger partial charge is 0.293 e. The van der Waals surface area contributed by atoms with Gasteiger partial charge in [0.15, 0.2) is 5.78 Å². The van der Waals surface area contributed by atoms with E-state index in [1.165, 1.54) is 4.21 Å². The summed E-state index contributed by atoms with van der Waals surface area (Å²) < 4.78 is 1.24. The number of Topliss-reactive ketones (excluding diaryl/α,β-unsaturated/α-hetero) is 1. The zero-order valence-corrected chi connectivity index (χ0v) is 9.80. The Morgan fingerprint density at radius 2 is 2.23 bits per heavy atom. The van der Waals surface area contributed by atoms with Crippen molar-refractivity contribution in [2.24, 2.45) is 0 Å². The van der Waals surface area contributed by atoms with Gasteiger partial charge in [0.2, 0.25) is 0 Å². The summed E-state index contributed by atoms with van der Waals surface area (Å²) in [5.74, 6) is 0.251. The average Bonchev–Trinajstić information content (AvgIpc) is 2.50. The summed E-state index contributed by atoms with van der Waals surface area (Å²) in [7, 11) is 0. The molecular weight excluding hydrogens is 200 g/mol. The van der Waals surface area contributed by atoms with Gasteiger partial charge in [-0.3, -0.25) is 4.79 Å². The Morgan fingerprint density at radius 3 is 2.77 bits per heavy atom. The SMILES string of the molecule is CCC(=O)c1ccc(SC(C)C)s1. The molecule has 0 unspecified atom stereocenters. The fraction of sp³-hybridized carbons (Fsp3) is 0.500. The quantitative estimate of drug-likeness (QED) is 0.559. The van der Waals surface area contributed by atoms with Gasteiger partial charge in [-0.15, -0.1) is 23.1 Å². The third-order valence-corrected chi connectivity index (χ3v) is 3.83. The van der Waals surface area contributed by atoms with Crippen LogP contribution in [0, 0.1) is 0 Å². The molecule has 0 radical (unpaired) electrons. The molecule has 0 aliphatic carbocycles. The van der Waals surface area contributed by atoms with Gasteiger partial charge in [0, 0.05) is 11.7 Å². The molecule has 0 saturated carbocycles. The normalized spacial score (nSPS) is 10.8. The first-order valence-corrected chi connectivity index (χ1v) is 6.12. The molecule has 1 heterocycles. The van der Waals surface area contributed by atoms with Crippen LogP contribution in [-0.2, 0) is 0 Å². The maximum Gasteiger partial charge on any atom is 0.172 e. The molecule has 1 aromatic rings. The van der Waals surface area contributed by atoms with E-state index in [9.17, 15) is 4.79 Å². The number of hydrogen-bond acceptors (Lipinski definition) is 3. The molecule has 1 aromatic heterocycles. The van der Waals surface area contributed by atoms with Crippen LogP contribution in [0.4, 0.5) is 0 Å². The van der Waals surface area contributed by atoms with Crippen molar-refractivity contribution in [1.82, 2.24) is 0 Å². The highest BCUT2D eigenvalue weighted by atomic mass is 32.2. The molecule has 0 atom stereocenters. The zero-order chi connectivity index (χ0) is 9.84. The minimum atomic E-state index is 0.251. The summed E-state index contributed by atoms with van der Waals surface area (Å²) in [6.07, 6.45) is 0.603. The third kappa shape index (κ3) is 3.16. The van der Waals surface area contributed by atoms with Crippen molar-refractivity contribution in [3.8, 4) is 0 Å². The number of carbonyl (C=O) groups excluding carboxylic acids is 1. The molecule has 3 heteroatoms. The summed E-state index contributed by atoms with van der Waals surface area (Å²) in [6, 6.07) is 3.97. The van der Waals surface area contributed by atoms with Crippen LogP contribution in [0.5, 0.6) is 0 Å². The molecular formula is C10H14OS2. The van der Waals surface area contributed by atoms with Crippen LogP contribution in [-0.4, -0.2) is 11.0 Å². The number of ketones is 1. The Balaban J connectivity index is 2.69. The molecule has 0 aliphatic rings. The molecule has 72 valence electrons. The fourth-order valence-electron chi connectivity index (χ4n) is 0.940. The first-order chi connectivity index (χ1) is 6.13. The van der Waals surface area contributed by atoms with Crippen molar-refractivity contribution < 1.29 is 4.79 Å². The lowest BCUT2D eigenvalue weighted by atomic mass is 10.3. The van der Waals surface area contributed by atoms with E-state index < -0.39 is 0 Å². The zero-order valence-electron chi connectivity index (χ0n) is 8.16. The molecule has 0 amide bonds. The molecule has 0 bridgehead atoms. The van der Waals surface area contributed by atoms with E-state index in [0.29, 0.717) is 11.7 Å². The Hall–Kier alpha value is -0.280. The minimum absolute atomic E-state index is 0.251. The minimum Gasteiger partial charge on any atom is -0.293 e. The molecule has 0 saturated heterocycles. The Kier molecular flexibility index (Phi) is 4.00. The van der Waals surface area contributed by atoms with Crippen molar-refractivity contribution in [1.29, 1.82) is 0 Å². The number of thiophene rings is 1. The molecule has 0 aliphatic heterocycles. The lowest BCUT2D eigenvalue weighted by molar-refractivity contribution is 0.0992. The highest BCUT2D eigenvalue weighted by Crippen LogP contribution is 2.30. The van der Waals surface area contributed by atoms with Crippen LogP contribution >= 0.6 is 23.1 Å². The van der Waals surface area contributed by atoms with Crippen molar-refractivity contribution >= 4 is 28.9 Å². The smallest absolute Gasteiger partial charge is 0.172 e. The van der Waals surface area contributed by atoms with Gasteiger partial charge in [-0.2, -0.15) is 0 Å². The topological polar surface area (TPSA) is 17.1 Å². The van der Waals surface area contributed by atoms with E-state index in [0.717, 1.165) is 4.88 Å². The van der Waals surface area contributed by atoms with Crippen LogP contribution < -0.4 is 0 Å². The molecule has 1 rings (SSSR count). The van der Waals surface area contributed by atoms with E-state index in [-0.39, 0.29) is 5.78 Å². The fourth-order valence-corrected chi connectivity index (χ4v) is 3.34. The summed E-state index contributed by atoms with van der Waals surface area (Å²) in [5.41, 5.74) is 0. The molecule has 1 nitrogen and oxygen atoms in total. The van der Waals surface area contributed by atoms with Gasteiger partial charge in [0.25, 0.3) is 0 Å². The lowest BCUT2D eigenvalue weighted by Crippen LogP contribution is -1.90. The van der Waals surface area contributed by atoms with Crippen LogP contribution in [0.25, 0.3) is 0 Å². The molecule has 0 N–H and O–H groups in total. The maximum absolute atomic E-state index is 11.3. The second kappa shape index (κ2) is 4.82. The van der Waals surface area contributed by atoms with Crippen LogP contribution in [0.15, 0.2) is 16.3 Å². The van der Waals surface area contributed by atoms with E-state index in [1.54, 1.807) is 11.3 Å². The number of thioether (sulfide) groups is 1. The van der Waals surface area contributed by atoms with Gasteiger partial charge >= 0.3 is 0 Å². The first kappa shape index (κ1) is 10.8. The van der Waals surface area contributed by atoms with Crippen molar-refractivity contribution in [2.45, 2.75) is 36.7 Å². The lowest BCUT2D eigenvalue weighted by Gasteiger charge is -1.99. The summed E-state index contributed by atoms with van der Waals surface area (Å²) >= 11 is 3.42. The van der Waals surface area contributed by atoms with Gasteiger partial charge in [-0.1, -0.05) is 20.8 Å². The van der Waals surface area contributed by atoms with Gasteiger partial charge < -0.3 is 0 Å². The summed E-state index contributed by atoms with van der Waals surface area (Å²) in [6.45, 7) is 6.22. The van der Waals surface area contributed by atoms with E-state index in [1.807, 2.05) is 30.8 Å². The van der Waals surface area contributed by atoms with Crippen molar-refractivity contribution in [3.63, 3.8) is 0 Å². The predicted octanol–water partition coefficient (Wildman–Crippen LogP) is 3.84. The predicted molar refractivity (Wildman–Crippen MR) is 59.9 cm³/mol. The monoisotopic (exact) mass is 214 g/mol. The second-order valence-electron chi connectivity index (χ2n) is 3.06. The number of rotatable bonds is 4. The van der Waals surface area contributed by atoms with Gasteiger partial charge in [-0.05, 0) is 12.1 Å². The highest BCUT2D eigenvalue weighted by molar-refractivity contribution is 8.01. The third-order valence-electron chi connectivity index (χ3n) is 1.53. The Bertz CT molecular complexity index is 289. The highest BCUT2D eigenvalue weighted by Gasteiger charge is 2.07. The maximum atomic E-state index is 11.3. The van der Waals surface area contributed by atoms with Gasteiger partial charge in [0.05, 0.1) is 9.09 Å². The number of hydrogen-bond donors (Lipinski definition) is 0. The summed E-state index contributed by atoms with van der Waals surface area (Å²) in [5, 5.41) is 0.586. The van der Waals surface area contributed by atoms with Crippen LogP contribution in [0.3, 0.4) is 0 Å². The number of carbonyl (C=O) groups is 1.